The minimum Gasteiger partial charge on any atom is -0.506 e. The number of hydrogen-bond donors (Lipinski definition) is 6. The van der Waals surface area contributed by atoms with E-state index in [9.17, 15) is 35.1 Å². The fourth-order valence-corrected chi connectivity index (χ4v) is 2.08. The van der Waals surface area contributed by atoms with Crippen LogP contribution < -0.4 is 10.1 Å². The Morgan fingerprint density at radius 3 is 2.15 bits per heavy atom. The fourth-order valence-electron chi connectivity index (χ4n) is 2.08. The van der Waals surface area contributed by atoms with Gasteiger partial charge in [0.15, 0.2) is 17.2 Å². The number of carbonyl (C=O) groups is 2. The molecule has 136 valence electrons. The summed E-state index contributed by atoms with van der Waals surface area (Å²) in [4.78, 5) is 23.3. The van der Waals surface area contributed by atoms with E-state index in [1.165, 1.54) is 13.2 Å². The predicted octanol–water partition coefficient (Wildman–Crippen LogP) is 1.87. The van der Waals surface area contributed by atoms with E-state index < -0.39 is 34.9 Å². The number of phenolic OH excluding ortho intramolecular Hbond substituents is 4. The summed E-state index contributed by atoms with van der Waals surface area (Å²) in [6, 6.07) is 4.48. The average Bonchev–Trinajstić information content (AvgIpc) is 2.58. The van der Waals surface area contributed by atoms with Crippen molar-refractivity contribution in [2.75, 3.05) is 12.4 Å². The first-order chi connectivity index (χ1) is 12.2. The summed E-state index contributed by atoms with van der Waals surface area (Å²) in [7, 11) is 1.30. The smallest absolute Gasteiger partial charge is 0.338 e. The lowest BCUT2D eigenvalue weighted by Gasteiger charge is -2.11. The van der Waals surface area contributed by atoms with Crippen molar-refractivity contribution in [3.8, 4) is 28.7 Å². The molecule has 2 aromatic carbocycles. The second-order valence-corrected chi connectivity index (χ2v) is 5.10. The molecule has 26 heavy (non-hydrogen) atoms. The first kappa shape index (κ1) is 18.5. The second kappa shape index (κ2) is 7.34. The minimum atomic E-state index is -1.38. The van der Waals surface area contributed by atoms with Crippen LogP contribution in [0.4, 0.5) is 5.69 Å². The molecule has 0 heterocycles. The summed E-state index contributed by atoms with van der Waals surface area (Å²) in [5, 5.41) is 49.4. The van der Waals surface area contributed by atoms with E-state index in [1.54, 1.807) is 0 Å². The maximum Gasteiger partial charge on any atom is 0.338 e. The van der Waals surface area contributed by atoms with Gasteiger partial charge in [0.05, 0.1) is 18.4 Å². The minimum absolute atomic E-state index is 0.100. The molecule has 1 amide bonds. The van der Waals surface area contributed by atoms with Gasteiger partial charge < -0.3 is 35.6 Å². The summed E-state index contributed by atoms with van der Waals surface area (Å²) in [5.74, 6) is -4.41. The summed E-state index contributed by atoms with van der Waals surface area (Å²) < 4.78 is 4.87. The zero-order chi connectivity index (χ0) is 19.4. The molecule has 0 fully saturated rings. The average molecular weight is 361 g/mol. The molecule has 0 aliphatic carbocycles. The van der Waals surface area contributed by atoms with E-state index in [-0.39, 0.29) is 22.6 Å². The number of aromatic carboxylic acids is 1. The summed E-state index contributed by atoms with van der Waals surface area (Å²) in [6.45, 7) is 0. The Kier molecular flexibility index (Phi) is 5.21. The van der Waals surface area contributed by atoms with Crippen molar-refractivity contribution in [3.63, 3.8) is 0 Å². The molecule has 0 saturated heterocycles. The molecule has 0 atom stereocenters. The van der Waals surface area contributed by atoms with E-state index in [4.69, 9.17) is 4.74 Å². The van der Waals surface area contributed by atoms with Crippen molar-refractivity contribution in [3.05, 3.63) is 41.5 Å². The van der Waals surface area contributed by atoms with Crippen LogP contribution in [0.1, 0.15) is 15.9 Å². The molecule has 2 aromatic rings. The molecule has 0 saturated carbocycles. The molecule has 9 heteroatoms. The van der Waals surface area contributed by atoms with Gasteiger partial charge in [0.25, 0.3) is 0 Å². The lowest BCUT2D eigenvalue weighted by molar-refractivity contribution is -0.111. The number of carboxylic acids is 1. The van der Waals surface area contributed by atoms with Crippen molar-refractivity contribution in [2.24, 2.45) is 0 Å². The highest BCUT2D eigenvalue weighted by Crippen LogP contribution is 2.36. The number of anilines is 1. The van der Waals surface area contributed by atoms with Crippen LogP contribution >= 0.6 is 0 Å². The van der Waals surface area contributed by atoms with Crippen LogP contribution in [0, 0.1) is 0 Å². The number of ether oxygens (including phenoxy) is 1. The summed E-state index contributed by atoms with van der Waals surface area (Å²) in [6.07, 6.45) is 2.19. The Morgan fingerprint density at radius 2 is 1.62 bits per heavy atom. The van der Waals surface area contributed by atoms with E-state index in [0.717, 1.165) is 30.3 Å². The van der Waals surface area contributed by atoms with Gasteiger partial charge in [-0.15, -0.1) is 0 Å². The molecule has 0 aromatic heterocycles. The Balaban J connectivity index is 2.26. The number of amides is 1. The van der Waals surface area contributed by atoms with E-state index >= 15 is 0 Å². The monoisotopic (exact) mass is 361 g/mol. The van der Waals surface area contributed by atoms with Gasteiger partial charge in [-0.05, 0) is 29.8 Å². The predicted molar refractivity (Wildman–Crippen MR) is 90.7 cm³/mol. The Labute approximate surface area is 147 Å². The molecular formula is C17H15NO8. The van der Waals surface area contributed by atoms with Gasteiger partial charge in [0.2, 0.25) is 5.91 Å². The van der Waals surface area contributed by atoms with Crippen LogP contribution in [0.2, 0.25) is 0 Å². The molecule has 0 unspecified atom stereocenters. The largest absolute Gasteiger partial charge is 0.506 e. The van der Waals surface area contributed by atoms with Gasteiger partial charge in [-0.25, -0.2) is 4.79 Å². The van der Waals surface area contributed by atoms with Crippen LogP contribution in [-0.2, 0) is 4.79 Å². The number of rotatable bonds is 5. The SMILES string of the molecule is COc1cc(O)c(NC(=O)/C=C/c2cc(O)c(O)c(O)c2)c(C(=O)O)c1. The zero-order valence-electron chi connectivity index (χ0n) is 13.4. The molecule has 2 rings (SSSR count). The second-order valence-electron chi connectivity index (χ2n) is 5.10. The highest BCUT2D eigenvalue weighted by Gasteiger charge is 2.18. The molecule has 0 bridgehead atoms. The number of benzene rings is 2. The number of carbonyl (C=O) groups excluding carboxylic acids is 1. The Bertz CT molecular complexity index is 881. The van der Waals surface area contributed by atoms with Gasteiger partial charge in [-0.1, -0.05) is 0 Å². The van der Waals surface area contributed by atoms with Crippen LogP contribution in [0.15, 0.2) is 30.3 Å². The van der Waals surface area contributed by atoms with Crippen molar-refractivity contribution >= 4 is 23.6 Å². The van der Waals surface area contributed by atoms with Gasteiger partial charge in [-0.2, -0.15) is 0 Å². The number of phenols is 4. The highest BCUT2D eigenvalue weighted by atomic mass is 16.5. The number of hydrogen-bond acceptors (Lipinski definition) is 7. The lowest BCUT2D eigenvalue weighted by atomic mass is 10.1. The summed E-state index contributed by atoms with van der Waals surface area (Å²) in [5.41, 5.74) is -0.488. The lowest BCUT2D eigenvalue weighted by Crippen LogP contribution is -2.12. The van der Waals surface area contributed by atoms with Crippen molar-refractivity contribution < 1.29 is 39.9 Å². The quantitative estimate of drug-likeness (QED) is 0.348. The molecule has 0 aliphatic rings. The zero-order valence-corrected chi connectivity index (χ0v) is 13.4. The van der Waals surface area contributed by atoms with Gasteiger partial charge >= 0.3 is 5.97 Å². The first-order valence-corrected chi connectivity index (χ1v) is 7.11. The van der Waals surface area contributed by atoms with E-state index in [1.807, 2.05) is 0 Å². The topological polar surface area (TPSA) is 157 Å². The van der Waals surface area contributed by atoms with E-state index in [0.29, 0.717) is 0 Å². The van der Waals surface area contributed by atoms with Crippen LogP contribution in [-0.4, -0.2) is 44.5 Å². The molecular weight excluding hydrogens is 346 g/mol. The number of carboxylic acid groups (broad SMARTS) is 1. The van der Waals surface area contributed by atoms with Crippen molar-refractivity contribution in [1.82, 2.24) is 0 Å². The van der Waals surface area contributed by atoms with Gasteiger partial charge in [0, 0.05) is 12.1 Å². The molecule has 0 spiro atoms. The third-order valence-electron chi connectivity index (χ3n) is 3.32. The van der Waals surface area contributed by atoms with E-state index in [2.05, 4.69) is 5.32 Å². The highest BCUT2D eigenvalue weighted by molar-refractivity contribution is 6.07. The number of methoxy groups -OCH3 is 1. The standard InChI is InChI=1S/C17H15NO8/c1-26-9-6-10(17(24)25)15(11(19)7-9)18-14(22)3-2-8-4-12(20)16(23)13(21)5-8/h2-7,19-21,23H,1H3,(H,18,22)(H,24,25)/b3-2+. The van der Waals surface area contributed by atoms with Gasteiger partial charge in [-0.3, -0.25) is 4.79 Å². The maximum atomic E-state index is 12.0. The normalized spacial score (nSPS) is 10.7. The van der Waals surface area contributed by atoms with Crippen LogP contribution in [0.5, 0.6) is 28.7 Å². The Morgan fingerprint density at radius 1 is 1.00 bits per heavy atom. The third-order valence-corrected chi connectivity index (χ3v) is 3.32. The third kappa shape index (κ3) is 3.96. The molecule has 9 nitrogen and oxygen atoms in total. The van der Waals surface area contributed by atoms with Crippen molar-refractivity contribution in [1.29, 1.82) is 0 Å². The van der Waals surface area contributed by atoms with Crippen LogP contribution in [0.3, 0.4) is 0 Å². The number of nitrogens with one attached hydrogen (secondary N) is 1. The van der Waals surface area contributed by atoms with Crippen LogP contribution in [0.25, 0.3) is 6.08 Å². The molecule has 6 N–H and O–H groups in total. The maximum absolute atomic E-state index is 12.0. The Hall–Kier alpha value is -3.88. The fraction of sp³-hybridized carbons (Fsp3) is 0.0588. The summed E-state index contributed by atoms with van der Waals surface area (Å²) >= 11 is 0. The first-order valence-electron chi connectivity index (χ1n) is 7.11. The molecule has 0 aliphatic heterocycles. The van der Waals surface area contributed by atoms with Crippen molar-refractivity contribution in [2.45, 2.75) is 0 Å². The van der Waals surface area contributed by atoms with Gasteiger partial charge in [0.1, 0.15) is 11.5 Å². The number of aromatic hydroxyl groups is 4. The molecule has 0 radical (unpaired) electrons.